The Morgan fingerprint density at radius 1 is 1.21 bits per heavy atom. The molecule has 1 N–H and O–H groups in total. The first-order chi connectivity index (χ1) is 9.05. The monoisotopic (exact) mass is 283 g/mol. The molecule has 1 fully saturated rings. The fourth-order valence-corrected chi connectivity index (χ4v) is 2.86. The van der Waals surface area contributed by atoms with Crippen molar-refractivity contribution >= 4 is 9.84 Å². The van der Waals surface area contributed by atoms with Gasteiger partial charge in [0.2, 0.25) is 0 Å². The van der Waals surface area contributed by atoms with Crippen LogP contribution < -0.4 is 5.32 Å². The Morgan fingerprint density at radius 2 is 1.84 bits per heavy atom. The molecule has 0 saturated carbocycles. The number of hydrogen-bond donors (Lipinski definition) is 1. The molecule has 1 heterocycles. The van der Waals surface area contributed by atoms with E-state index in [0.717, 1.165) is 44.7 Å². The SMILES string of the molecule is CS(=O)(=O)c1ccc(CNCC2CCOCC2)cc1. The van der Waals surface area contributed by atoms with Crippen LogP contribution >= 0.6 is 0 Å². The molecule has 1 aliphatic rings. The minimum atomic E-state index is -3.09. The molecule has 2 rings (SSSR count). The van der Waals surface area contributed by atoms with Crippen LogP contribution in [0.2, 0.25) is 0 Å². The third kappa shape index (κ3) is 4.60. The quantitative estimate of drug-likeness (QED) is 0.892. The van der Waals surface area contributed by atoms with Gasteiger partial charge in [0.1, 0.15) is 0 Å². The molecule has 0 amide bonds. The molecule has 5 heteroatoms. The smallest absolute Gasteiger partial charge is 0.175 e. The number of benzene rings is 1. The number of rotatable bonds is 5. The van der Waals surface area contributed by atoms with Crippen LogP contribution in [0.3, 0.4) is 0 Å². The lowest BCUT2D eigenvalue weighted by atomic mass is 10.0. The number of hydrogen-bond acceptors (Lipinski definition) is 4. The Hall–Kier alpha value is -0.910. The van der Waals surface area contributed by atoms with Crippen molar-refractivity contribution in [2.45, 2.75) is 24.3 Å². The van der Waals surface area contributed by atoms with Crippen molar-refractivity contribution in [3.63, 3.8) is 0 Å². The van der Waals surface area contributed by atoms with E-state index in [0.29, 0.717) is 10.8 Å². The first-order valence-electron chi connectivity index (χ1n) is 6.63. The molecule has 1 aromatic carbocycles. The maximum Gasteiger partial charge on any atom is 0.175 e. The van der Waals surface area contributed by atoms with E-state index in [4.69, 9.17) is 4.74 Å². The molecule has 1 saturated heterocycles. The second-order valence-corrected chi connectivity index (χ2v) is 7.12. The average molecular weight is 283 g/mol. The van der Waals surface area contributed by atoms with Crippen molar-refractivity contribution in [1.82, 2.24) is 5.32 Å². The van der Waals surface area contributed by atoms with Gasteiger partial charge in [0.05, 0.1) is 4.90 Å². The van der Waals surface area contributed by atoms with E-state index in [1.54, 1.807) is 12.1 Å². The molecule has 1 aromatic rings. The Bertz CT molecular complexity index is 490. The molecule has 4 nitrogen and oxygen atoms in total. The zero-order chi connectivity index (χ0) is 13.7. The largest absolute Gasteiger partial charge is 0.381 e. The minimum absolute atomic E-state index is 0.376. The van der Waals surface area contributed by atoms with Crippen molar-refractivity contribution in [2.24, 2.45) is 5.92 Å². The van der Waals surface area contributed by atoms with Crippen LogP contribution in [0.25, 0.3) is 0 Å². The normalized spacial score (nSPS) is 17.5. The molecule has 106 valence electrons. The zero-order valence-corrected chi connectivity index (χ0v) is 12.1. The van der Waals surface area contributed by atoms with Crippen LogP contribution in [0.5, 0.6) is 0 Å². The van der Waals surface area contributed by atoms with Crippen LogP contribution in [0, 0.1) is 5.92 Å². The number of nitrogens with one attached hydrogen (secondary N) is 1. The number of sulfone groups is 1. The summed E-state index contributed by atoms with van der Waals surface area (Å²) in [5.41, 5.74) is 1.11. The van der Waals surface area contributed by atoms with E-state index < -0.39 is 9.84 Å². The molecule has 0 aliphatic carbocycles. The summed E-state index contributed by atoms with van der Waals surface area (Å²) in [7, 11) is -3.09. The molecule has 0 atom stereocenters. The minimum Gasteiger partial charge on any atom is -0.381 e. The summed E-state index contributed by atoms with van der Waals surface area (Å²) in [4.78, 5) is 0.376. The van der Waals surface area contributed by atoms with E-state index in [9.17, 15) is 8.42 Å². The third-order valence-corrected chi connectivity index (χ3v) is 4.58. The van der Waals surface area contributed by atoms with Gasteiger partial charge in [0.15, 0.2) is 9.84 Å². The van der Waals surface area contributed by atoms with Gasteiger partial charge >= 0.3 is 0 Å². The topological polar surface area (TPSA) is 55.4 Å². The highest BCUT2D eigenvalue weighted by atomic mass is 32.2. The van der Waals surface area contributed by atoms with Gasteiger partial charge in [0, 0.05) is 26.0 Å². The van der Waals surface area contributed by atoms with E-state index in [1.807, 2.05) is 12.1 Å². The zero-order valence-electron chi connectivity index (χ0n) is 11.3. The van der Waals surface area contributed by atoms with E-state index >= 15 is 0 Å². The molecule has 0 aromatic heterocycles. The summed E-state index contributed by atoms with van der Waals surface area (Å²) in [6.45, 7) is 3.52. The molecule has 0 bridgehead atoms. The van der Waals surface area contributed by atoms with Gasteiger partial charge in [-0.05, 0) is 43.0 Å². The lowest BCUT2D eigenvalue weighted by Gasteiger charge is -2.22. The fraction of sp³-hybridized carbons (Fsp3) is 0.571. The predicted molar refractivity (Wildman–Crippen MR) is 74.8 cm³/mol. The highest BCUT2D eigenvalue weighted by Crippen LogP contribution is 2.14. The Morgan fingerprint density at radius 3 is 2.42 bits per heavy atom. The molecule has 1 aliphatic heterocycles. The molecule has 0 unspecified atom stereocenters. The standard InChI is InChI=1S/C14H21NO3S/c1-19(16,17)14-4-2-12(3-5-14)10-15-11-13-6-8-18-9-7-13/h2-5,13,15H,6-11H2,1H3. The summed E-state index contributed by atoms with van der Waals surface area (Å²) in [5, 5.41) is 3.42. The van der Waals surface area contributed by atoms with Gasteiger partial charge in [-0.3, -0.25) is 0 Å². The Balaban J connectivity index is 1.80. The van der Waals surface area contributed by atoms with Crippen molar-refractivity contribution in [3.8, 4) is 0 Å². The molecule has 0 radical (unpaired) electrons. The van der Waals surface area contributed by atoms with Crippen molar-refractivity contribution < 1.29 is 13.2 Å². The molecule has 0 spiro atoms. The maximum absolute atomic E-state index is 11.3. The number of ether oxygens (including phenoxy) is 1. The lowest BCUT2D eigenvalue weighted by molar-refractivity contribution is 0.0662. The summed E-state index contributed by atoms with van der Waals surface area (Å²) >= 11 is 0. The van der Waals surface area contributed by atoms with Gasteiger partial charge in [0.25, 0.3) is 0 Å². The summed E-state index contributed by atoms with van der Waals surface area (Å²) in [5.74, 6) is 0.698. The molecular formula is C14H21NO3S. The summed E-state index contributed by atoms with van der Waals surface area (Å²) < 4.78 is 28.0. The molecular weight excluding hydrogens is 262 g/mol. The fourth-order valence-electron chi connectivity index (χ4n) is 2.23. The van der Waals surface area contributed by atoms with E-state index in [-0.39, 0.29) is 0 Å². The van der Waals surface area contributed by atoms with Gasteiger partial charge in [-0.2, -0.15) is 0 Å². The maximum atomic E-state index is 11.3. The van der Waals surface area contributed by atoms with Crippen molar-refractivity contribution in [2.75, 3.05) is 26.0 Å². The summed E-state index contributed by atoms with van der Waals surface area (Å²) in [6.07, 6.45) is 3.48. The van der Waals surface area contributed by atoms with Crippen molar-refractivity contribution in [1.29, 1.82) is 0 Å². The average Bonchev–Trinajstić information content (AvgIpc) is 2.39. The first-order valence-corrected chi connectivity index (χ1v) is 8.52. The van der Waals surface area contributed by atoms with E-state index in [1.165, 1.54) is 6.26 Å². The van der Waals surface area contributed by atoms with Crippen LogP contribution in [-0.4, -0.2) is 34.4 Å². The molecule has 19 heavy (non-hydrogen) atoms. The first kappa shape index (κ1) is 14.5. The second kappa shape index (κ2) is 6.50. The highest BCUT2D eigenvalue weighted by Gasteiger charge is 2.13. The summed E-state index contributed by atoms with van der Waals surface area (Å²) in [6, 6.07) is 7.07. The Kier molecular flexibility index (Phi) is 4.96. The second-order valence-electron chi connectivity index (χ2n) is 5.10. The van der Waals surface area contributed by atoms with Gasteiger partial charge in [-0.1, -0.05) is 12.1 Å². The van der Waals surface area contributed by atoms with Gasteiger partial charge in [-0.15, -0.1) is 0 Å². The Labute approximate surface area is 115 Å². The van der Waals surface area contributed by atoms with Crippen LogP contribution in [-0.2, 0) is 21.1 Å². The highest BCUT2D eigenvalue weighted by molar-refractivity contribution is 7.90. The van der Waals surface area contributed by atoms with Crippen LogP contribution in [0.15, 0.2) is 29.2 Å². The van der Waals surface area contributed by atoms with Crippen molar-refractivity contribution in [3.05, 3.63) is 29.8 Å². The van der Waals surface area contributed by atoms with Gasteiger partial charge in [-0.25, -0.2) is 8.42 Å². The lowest BCUT2D eigenvalue weighted by Crippen LogP contribution is -2.27. The van der Waals surface area contributed by atoms with E-state index in [2.05, 4.69) is 5.32 Å². The predicted octanol–water partition coefficient (Wildman–Crippen LogP) is 1.61. The van der Waals surface area contributed by atoms with Gasteiger partial charge < -0.3 is 10.1 Å². The van der Waals surface area contributed by atoms with Crippen LogP contribution in [0.4, 0.5) is 0 Å². The third-order valence-electron chi connectivity index (χ3n) is 3.45. The van der Waals surface area contributed by atoms with Crippen LogP contribution in [0.1, 0.15) is 18.4 Å².